The minimum absolute atomic E-state index is 0.0560. The first-order chi connectivity index (χ1) is 12.6. The fraction of sp³-hybridized carbons (Fsp3) is 0.353. The molecule has 8 nitrogen and oxygen atoms in total. The monoisotopic (exact) mass is 372 g/mol. The molecule has 136 valence electrons. The van der Waals surface area contributed by atoms with Gasteiger partial charge in [0, 0.05) is 0 Å². The first-order valence-corrected chi connectivity index (χ1v) is 9.28. The highest BCUT2D eigenvalue weighted by atomic mass is 32.2. The van der Waals surface area contributed by atoms with Gasteiger partial charge in [0.15, 0.2) is 0 Å². The number of carbonyl (C=O) groups excluding carboxylic acids is 1. The van der Waals surface area contributed by atoms with Gasteiger partial charge < -0.3 is 9.73 Å². The third-order valence-electron chi connectivity index (χ3n) is 3.80. The zero-order chi connectivity index (χ0) is 18.4. The summed E-state index contributed by atoms with van der Waals surface area (Å²) in [4.78, 5) is 16.0. The summed E-state index contributed by atoms with van der Waals surface area (Å²) in [6, 6.07) is 8.21. The topological polar surface area (TPSA) is 98.7 Å². The number of carbonyl (C=O) groups is 1. The molecule has 2 heterocycles. The van der Waals surface area contributed by atoms with Crippen molar-refractivity contribution >= 4 is 17.7 Å². The van der Waals surface area contributed by atoms with E-state index >= 15 is 0 Å². The van der Waals surface area contributed by atoms with Gasteiger partial charge in [0.2, 0.25) is 11.8 Å². The molecule has 2 aromatic heterocycles. The number of nitrogens with one attached hydrogen (secondary N) is 1. The van der Waals surface area contributed by atoms with Gasteiger partial charge in [-0.2, -0.15) is 5.10 Å². The van der Waals surface area contributed by atoms with Crippen LogP contribution in [-0.4, -0.2) is 36.6 Å². The van der Waals surface area contributed by atoms with Gasteiger partial charge in [0.1, 0.15) is 19.2 Å². The van der Waals surface area contributed by atoms with E-state index in [1.165, 1.54) is 23.7 Å². The Morgan fingerprint density at radius 2 is 2.12 bits per heavy atom. The second-order valence-corrected chi connectivity index (χ2v) is 6.65. The molecule has 0 aliphatic heterocycles. The molecule has 1 aromatic carbocycles. The maximum absolute atomic E-state index is 12.1. The van der Waals surface area contributed by atoms with E-state index in [0.717, 1.165) is 12.0 Å². The Morgan fingerprint density at radius 1 is 1.31 bits per heavy atom. The van der Waals surface area contributed by atoms with Crippen LogP contribution in [0.5, 0.6) is 0 Å². The van der Waals surface area contributed by atoms with Crippen LogP contribution in [0.4, 0.5) is 0 Å². The van der Waals surface area contributed by atoms with Crippen molar-refractivity contribution in [2.75, 3.05) is 5.75 Å². The molecule has 1 atom stereocenters. The first-order valence-electron chi connectivity index (χ1n) is 8.30. The Labute approximate surface area is 155 Å². The highest BCUT2D eigenvalue weighted by Crippen LogP contribution is 2.18. The zero-order valence-corrected chi connectivity index (χ0v) is 15.4. The van der Waals surface area contributed by atoms with E-state index in [4.69, 9.17) is 4.42 Å². The van der Waals surface area contributed by atoms with E-state index in [1.807, 2.05) is 19.1 Å². The summed E-state index contributed by atoms with van der Waals surface area (Å²) in [5.41, 5.74) is 2.36. The number of rotatable bonds is 8. The van der Waals surface area contributed by atoms with Gasteiger partial charge in [-0.15, -0.1) is 10.2 Å². The SMILES string of the molecule is CCc1ccc(C(C)NC(=O)CSc2nnc(Cn3cncn3)o2)cc1. The minimum Gasteiger partial charge on any atom is -0.414 e. The quantitative estimate of drug-likeness (QED) is 0.605. The van der Waals surface area contributed by atoms with Crippen molar-refractivity contribution in [1.82, 2.24) is 30.3 Å². The van der Waals surface area contributed by atoms with Gasteiger partial charge in [0.25, 0.3) is 5.22 Å². The van der Waals surface area contributed by atoms with Crippen LogP contribution in [0.15, 0.2) is 46.6 Å². The Hall–Kier alpha value is -2.68. The summed E-state index contributed by atoms with van der Waals surface area (Å²) < 4.78 is 7.08. The molecule has 0 fully saturated rings. The van der Waals surface area contributed by atoms with Crippen molar-refractivity contribution in [2.45, 2.75) is 38.1 Å². The Morgan fingerprint density at radius 3 is 2.81 bits per heavy atom. The summed E-state index contributed by atoms with van der Waals surface area (Å²) in [6.07, 6.45) is 4.01. The standard InChI is InChI=1S/C17H20N6O2S/c1-3-13-4-6-14(7-5-13)12(2)20-15(24)9-26-17-22-21-16(25-17)8-23-11-18-10-19-23/h4-7,10-12H,3,8-9H2,1-2H3,(H,20,24). The molecule has 9 heteroatoms. The molecule has 1 amide bonds. The average molecular weight is 372 g/mol. The van der Waals surface area contributed by atoms with Crippen LogP contribution in [0, 0.1) is 0 Å². The maximum atomic E-state index is 12.1. The molecule has 1 unspecified atom stereocenters. The van der Waals surface area contributed by atoms with Gasteiger partial charge in [0.05, 0.1) is 11.8 Å². The molecular weight excluding hydrogens is 352 g/mol. The minimum atomic E-state index is -0.0851. The fourth-order valence-corrected chi connectivity index (χ4v) is 2.94. The van der Waals surface area contributed by atoms with Crippen LogP contribution >= 0.6 is 11.8 Å². The van der Waals surface area contributed by atoms with Crippen LogP contribution < -0.4 is 5.32 Å². The second-order valence-electron chi connectivity index (χ2n) is 5.73. The third kappa shape index (κ3) is 4.92. The maximum Gasteiger partial charge on any atom is 0.277 e. The van der Waals surface area contributed by atoms with Gasteiger partial charge >= 0.3 is 0 Å². The van der Waals surface area contributed by atoms with Gasteiger partial charge in [-0.3, -0.25) is 4.79 Å². The molecule has 0 saturated heterocycles. The molecule has 1 N–H and O–H groups in total. The summed E-state index contributed by atoms with van der Waals surface area (Å²) in [5.74, 6) is 0.545. The number of amides is 1. The lowest BCUT2D eigenvalue weighted by Gasteiger charge is -2.14. The number of benzene rings is 1. The van der Waals surface area contributed by atoms with E-state index in [2.05, 4.69) is 44.7 Å². The molecule has 0 spiro atoms. The third-order valence-corrected chi connectivity index (χ3v) is 4.62. The van der Waals surface area contributed by atoms with Gasteiger partial charge in [-0.25, -0.2) is 9.67 Å². The predicted molar refractivity (Wildman–Crippen MR) is 96.5 cm³/mol. The number of aromatic nitrogens is 5. The molecule has 0 aliphatic rings. The van der Waals surface area contributed by atoms with Crippen LogP contribution in [0.1, 0.15) is 36.9 Å². The van der Waals surface area contributed by atoms with Crippen LogP contribution in [0.2, 0.25) is 0 Å². The summed E-state index contributed by atoms with van der Waals surface area (Å²) in [7, 11) is 0. The molecule has 0 bridgehead atoms. The lowest BCUT2D eigenvalue weighted by Crippen LogP contribution is -2.28. The first kappa shape index (κ1) is 18.1. The average Bonchev–Trinajstić information content (AvgIpc) is 3.32. The molecule has 3 aromatic rings. The number of thioether (sulfide) groups is 1. The van der Waals surface area contributed by atoms with Crippen LogP contribution in [-0.2, 0) is 17.8 Å². The Bertz CT molecular complexity index is 831. The van der Waals surface area contributed by atoms with Crippen molar-refractivity contribution in [1.29, 1.82) is 0 Å². The van der Waals surface area contributed by atoms with Crippen molar-refractivity contribution in [3.8, 4) is 0 Å². The van der Waals surface area contributed by atoms with Crippen molar-refractivity contribution in [3.63, 3.8) is 0 Å². The molecule has 0 aliphatic carbocycles. The highest BCUT2D eigenvalue weighted by Gasteiger charge is 2.13. The predicted octanol–water partition coefficient (Wildman–Crippen LogP) is 2.24. The van der Waals surface area contributed by atoms with Crippen LogP contribution in [0.3, 0.4) is 0 Å². The Balaban J connectivity index is 1.46. The van der Waals surface area contributed by atoms with Gasteiger partial charge in [-0.05, 0) is 24.5 Å². The van der Waals surface area contributed by atoms with E-state index in [-0.39, 0.29) is 17.7 Å². The van der Waals surface area contributed by atoms with Gasteiger partial charge in [-0.1, -0.05) is 43.0 Å². The van der Waals surface area contributed by atoms with Crippen molar-refractivity contribution in [2.24, 2.45) is 0 Å². The molecule has 0 saturated carbocycles. The molecular formula is C17H20N6O2S. The highest BCUT2D eigenvalue weighted by molar-refractivity contribution is 7.99. The zero-order valence-electron chi connectivity index (χ0n) is 14.6. The molecule has 26 heavy (non-hydrogen) atoms. The largest absolute Gasteiger partial charge is 0.414 e. The summed E-state index contributed by atoms with van der Waals surface area (Å²) in [5, 5.41) is 15.2. The number of hydrogen-bond donors (Lipinski definition) is 1. The number of aryl methyl sites for hydroxylation is 1. The Kier molecular flexibility index (Phi) is 6.00. The van der Waals surface area contributed by atoms with Crippen molar-refractivity contribution in [3.05, 3.63) is 53.9 Å². The van der Waals surface area contributed by atoms with E-state index in [9.17, 15) is 4.79 Å². The molecule has 3 rings (SSSR count). The molecule has 0 radical (unpaired) electrons. The van der Waals surface area contributed by atoms with E-state index in [0.29, 0.717) is 17.7 Å². The normalized spacial score (nSPS) is 12.1. The van der Waals surface area contributed by atoms with Crippen LogP contribution in [0.25, 0.3) is 0 Å². The number of hydrogen-bond acceptors (Lipinski definition) is 7. The van der Waals surface area contributed by atoms with Crippen molar-refractivity contribution < 1.29 is 9.21 Å². The number of nitrogens with zero attached hydrogens (tertiary/aromatic N) is 5. The fourth-order valence-electron chi connectivity index (χ4n) is 2.35. The second kappa shape index (κ2) is 8.61. The summed E-state index contributed by atoms with van der Waals surface area (Å²) >= 11 is 1.21. The summed E-state index contributed by atoms with van der Waals surface area (Å²) in [6.45, 7) is 4.43. The van der Waals surface area contributed by atoms with E-state index in [1.54, 1.807) is 11.0 Å². The smallest absolute Gasteiger partial charge is 0.277 e. The lowest BCUT2D eigenvalue weighted by atomic mass is 10.1. The lowest BCUT2D eigenvalue weighted by molar-refractivity contribution is -0.119. The van der Waals surface area contributed by atoms with E-state index < -0.39 is 0 Å².